The van der Waals surface area contributed by atoms with Crippen LogP contribution < -0.4 is 10.2 Å². The Morgan fingerprint density at radius 2 is 1.73 bits per heavy atom. The van der Waals surface area contributed by atoms with E-state index < -0.39 is 0 Å². The molecule has 1 N–H and O–H groups in total. The molecule has 0 aliphatic rings. The number of thiocarbonyl (C=S) groups is 1. The molecule has 0 fully saturated rings. The topological polar surface area (TPSA) is 28.2 Å². The zero-order valence-corrected chi connectivity index (χ0v) is 13.8. The van der Waals surface area contributed by atoms with Crippen molar-refractivity contribution >= 4 is 23.0 Å². The van der Waals surface area contributed by atoms with E-state index in [4.69, 9.17) is 12.2 Å². The van der Waals surface area contributed by atoms with Crippen molar-refractivity contribution in [1.29, 1.82) is 0 Å². The van der Waals surface area contributed by atoms with Crippen LogP contribution in [0.1, 0.15) is 26.3 Å². The van der Waals surface area contributed by atoms with Gasteiger partial charge >= 0.3 is 0 Å². The second-order valence-electron chi connectivity index (χ2n) is 6.10. The molecule has 0 radical (unpaired) electrons. The van der Waals surface area contributed by atoms with Crippen LogP contribution in [0.5, 0.6) is 0 Å². The molecule has 0 saturated heterocycles. The minimum atomic E-state index is -0.262. The number of hydrogen-bond acceptors (Lipinski definition) is 2. The molecule has 0 atom stereocenters. The molecule has 0 aliphatic heterocycles. The van der Waals surface area contributed by atoms with Gasteiger partial charge in [-0.2, -0.15) is 0 Å². The van der Waals surface area contributed by atoms with Gasteiger partial charge in [-0.1, -0.05) is 0 Å². The van der Waals surface area contributed by atoms with Gasteiger partial charge in [0.05, 0.1) is 6.54 Å². The molecule has 116 valence electrons. The van der Waals surface area contributed by atoms with E-state index in [0.29, 0.717) is 11.7 Å². The largest absolute Gasteiger partial charge is 0.358 e. The molecule has 0 saturated carbocycles. The quantitative estimate of drug-likeness (QED) is 0.869. The van der Waals surface area contributed by atoms with Gasteiger partial charge in [0.25, 0.3) is 0 Å². The molecule has 0 spiro atoms. The van der Waals surface area contributed by atoms with E-state index in [1.807, 2.05) is 17.0 Å². The number of rotatable bonds is 3. The zero-order chi connectivity index (χ0) is 16.2. The van der Waals surface area contributed by atoms with Crippen LogP contribution in [0.15, 0.2) is 48.8 Å². The van der Waals surface area contributed by atoms with Crippen LogP contribution >= 0.6 is 12.2 Å². The third kappa shape index (κ3) is 4.77. The van der Waals surface area contributed by atoms with Crippen molar-refractivity contribution in [2.24, 2.45) is 0 Å². The van der Waals surface area contributed by atoms with Crippen LogP contribution in [0, 0.1) is 5.82 Å². The number of aromatic nitrogens is 1. The Kier molecular flexibility index (Phi) is 5.08. The summed E-state index contributed by atoms with van der Waals surface area (Å²) in [6, 6.07) is 10.2. The molecule has 0 bridgehead atoms. The number of nitrogens with one attached hydrogen (secondary N) is 1. The maximum Gasteiger partial charge on any atom is 0.174 e. The van der Waals surface area contributed by atoms with Crippen LogP contribution in [-0.4, -0.2) is 15.6 Å². The molecule has 22 heavy (non-hydrogen) atoms. The second kappa shape index (κ2) is 6.83. The van der Waals surface area contributed by atoms with Crippen molar-refractivity contribution in [2.75, 3.05) is 4.90 Å². The molecular weight excluding hydrogens is 297 g/mol. The fourth-order valence-corrected chi connectivity index (χ4v) is 2.44. The van der Waals surface area contributed by atoms with Crippen LogP contribution in [-0.2, 0) is 6.54 Å². The van der Waals surface area contributed by atoms with E-state index in [1.165, 1.54) is 12.1 Å². The highest BCUT2D eigenvalue weighted by molar-refractivity contribution is 7.80. The third-order valence-corrected chi connectivity index (χ3v) is 3.28. The summed E-state index contributed by atoms with van der Waals surface area (Å²) < 4.78 is 13.2. The fraction of sp³-hybridized carbons (Fsp3) is 0.294. The Hall–Kier alpha value is -2.01. The molecule has 1 aromatic carbocycles. The number of benzene rings is 1. The molecule has 5 heteroatoms. The maximum atomic E-state index is 13.2. The number of pyridine rings is 1. The van der Waals surface area contributed by atoms with Crippen LogP contribution in [0.25, 0.3) is 0 Å². The predicted octanol–water partition coefficient (Wildman–Crippen LogP) is 3.90. The summed E-state index contributed by atoms with van der Waals surface area (Å²) >= 11 is 5.54. The summed E-state index contributed by atoms with van der Waals surface area (Å²) in [5, 5.41) is 3.91. The van der Waals surface area contributed by atoms with Crippen molar-refractivity contribution in [2.45, 2.75) is 32.9 Å². The zero-order valence-electron chi connectivity index (χ0n) is 13.0. The van der Waals surface area contributed by atoms with E-state index in [2.05, 4.69) is 31.1 Å². The average Bonchev–Trinajstić information content (AvgIpc) is 2.45. The standard InChI is InChI=1S/C17H20FN3S/c1-17(2,3)20-16(22)21(12-13-8-10-19-11-9-13)15-6-4-14(18)5-7-15/h4-11H,12H2,1-3H3,(H,20,22). The SMILES string of the molecule is CC(C)(C)NC(=S)N(Cc1ccncc1)c1ccc(F)cc1. The van der Waals surface area contributed by atoms with Crippen molar-refractivity contribution in [3.63, 3.8) is 0 Å². The maximum absolute atomic E-state index is 13.2. The van der Waals surface area contributed by atoms with Gasteiger partial charge in [-0.3, -0.25) is 4.98 Å². The molecule has 0 amide bonds. The lowest BCUT2D eigenvalue weighted by molar-refractivity contribution is 0.510. The summed E-state index contributed by atoms with van der Waals surface area (Å²) in [6.07, 6.45) is 3.50. The van der Waals surface area contributed by atoms with E-state index in [-0.39, 0.29) is 11.4 Å². The van der Waals surface area contributed by atoms with Crippen molar-refractivity contribution < 1.29 is 4.39 Å². The van der Waals surface area contributed by atoms with E-state index in [0.717, 1.165) is 11.3 Å². The Morgan fingerprint density at radius 3 is 2.27 bits per heavy atom. The predicted molar refractivity (Wildman–Crippen MR) is 92.3 cm³/mol. The normalized spacial score (nSPS) is 11.1. The first-order valence-electron chi connectivity index (χ1n) is 7.09. The first kappa shape index (κ1) is 16.4. The monoisotopic (exact) mass is 317 g/mol. The Labute approximate surface area is 136 Å². The minimum Gasteiger partial charge on any atom is -0.358 e. The molecule has 0 aliphatic carbocycles. The Bertz CT molecular complexity index is 621. The first-order valence-corrected chi connectivity index (χ1v) is 7.50. The molecule has 1 heterocycles. The van der Waals surface area contributed by atoms with Crippen LogP contribution in [0.3, 0.4) is 0 Å². The van der Waals surface area contributed by atoms with E-state index >= 15 is 0 Å². The lowest BCUT2D eigenvalue weighted by atomic mass is 10.1. The fourth-order valence-electron chi connectivity index (χ4n) is 1.96. The highest BCUT2D eigenvalue weighted by Gasteiger charge is 2.18. The van der Waals surface area contributed by atoms with Crippen molar-refractivity contribution in [3.8, 4) is 0 Å². The number of nitrogens with zero attached hydrogens (tertiary/aromatic N) is 2. The molecule has 0 unspecified atom stereocenters. The highest BCUT2D eigenvalue weighted by Crippen LogP contribution is 2.19. The van der Waals surface area contributed by atoms with Gasteiger partial charge in [-0.05, 0) is 75.0 Å². The molecular formula is C17H20FN3S. The van der Waals surface area contributed by atoms with Crippen molar-refractivity contribution in [1.82, 2.24) is 10.3 Å². The number of hydrogen-bond donors (Lipinski definition) is 1. The first-order chi connectivity index (χ1) is 10.3. The lowest BCUT2D eigenvalue weighted by Gasteiger charge is -2.31. The second-order valence-corrected chi connectivity index (χ2v) is 6.48. The van der Waals surface area contributed by atoms with Crippen LogP contribution in [0.2, 0.25) is 0 Å². The smallest absolute Gasteiger partial charge is 0.174 e. The summed E-state index contributed by atoms with van der Waals surface area (Å²) in [5.74, 6) is -0.262. The Morgan fingerprint density at radius 1 is 1.14 bits per heavy atom. The molecule has 1 aromatic heterocycles. The van der Waals surface area contributed by atoms with Crippen molar-refractivity contribution in [3.05, 3.63) is 60.2 Å². The van der Waals surface area contributed by atoms with Gasteiger partial charge in [-0.15, -0.1) is 0 Å². The lowest BCUT2D eigenvalue weighted by Crippen LogP contribution is -2.48. The summed E-state index contributed by atoms with van der Waals surface area (Å²) in [6.45, 7) is 6.74. The van der Waals surface area contributed by atoms with Gasteiger partial charge < -0.3 is 10.2 Å². The highest BCUT2D eigenvalue weighted by atomic mass is 32.1. The third-order valence-electron chi connectivity index (χ3n) is 2.96. The molecule has 3 nitrogen and oxygen atoms in total. The summed E-state index contributed by atoms with van der Waals surface area (Å²) in [4.78, 5) is 5.98. The molecule has 2 aromatic rings. The van der Waals surface area contributed by atoms with Crippen LogP contribution in [0.4, 0.5) is 10.1 Å². The van der Waals surface area contributed by atoms with Gasteiger partial charge in [-0.25, -0.2) is 4.39 Å². The number of halogens is 1. The van der Waals surface area contributed by atoms with Gasteiger partial charge in [0.15, 0.2) is 5.11 Å². The summed E-state index contributed by atoms with van der Waals surface area (Å²) in [7, 11) is 0. The van der Waals surface area contributed by atoms with Gasteiger partial charge in [0.1, 0.15) is 5.82 Å². The summed E-state index contributed by atoms with van der Waals surface area (Å²) in [5.41, 5.74) is 1.78. The number of anilines is 1. The average molecular weight is 317 g/mol. The Balaban J connectivity index is 2.27. The van der Waals surface area contributed by atoms with Gasteiger partial charge in [0.2, 0.25) is 0 Å². The minimum absolute atomic E-state index is 0.145. The molecule has 2 rings (SSSR count). The van der Waals surface area contributed by atoms with E-state index in [9.17, 15) is 4.39 Å². The van der Waals surface area contributed by atoms with E-state index in [1.54, 1.807) is 24.5 Å². The van der Waals surface area contributed by atoms with Gasteiger partial charge in [0, 0.05) is 23.6 Å².